The van der Waals surface area contributed by atoms with Crippen LogP contribution in [0.2, 0.25) is 0 Å². The third-order valence-corrected chi connectivity index (χ3v) is 3.00. The maximum atomic E-state index is 4.17. The van der Waals surface area contributed by atoms with Gasteiger partial charge in [0.1, 0.15) is 7.05 Å². The Morgan fingerprint density at radius 1 is 1.26 bits per heavy atom. The molecule has 0 aliphatic carbocycles. The number of rotatable bonds is 5. The Morgan fingerprint density at radius 3 is 2.74 bits per heavy atom. The molecule has 3 nitrogen and oxygen atoms in total. The van der Waals surface area contributed by atoms with Crippen LogP contribution in [-0.4, -0.2) is 10.2 Å². The fraction of sp³-hybridized carbons (Fsp3) is 0.500. The molecule has 0 unspecified atom stereocenters. The number of unbranched alkanes of at least 4 members (excludes halogenated alkanes) is 2. The first-order valence-electron chi connectivity index (χ1n) is 7.29. The zero-order chi connectivity index (χ0) is 14.1. The lowest BCUT2D eigenvalue weighted by Gasteiger charge is -2.01. The fourth-order valence-corrected chi connectivity index (χ4v) is 2.05. The summed E-state index contributed by atoms with van der Waals surface area (Å²) in [6.45, 7) is 6.23. The fourth-order valence-electron chi connectivity index (χ4n) is 2.05. The molecule has 2 heterocycles. The molecular weight excluding hydrogens is 234 g/mol. The lowest BCUT2D eigenvalue weighted by molar-refractivity contribution is -0.671. The summed E-state index contributed by atoms with van der Waals surface area (Å²) in [6, 6.07) is 4.18. The van der Waals surface area contributed by atoms with E-state index < -0.39 is 0 Å². The summed E-state index contributed by atoms with van der Waals surface area (Å²) in [5, 5.41) is 7.29. The average Bonchev–Trinajstić information content (AvgIpc) is 2.90. The van der Waals surface area contributed by atoms with Gasteiger partial charge in [0.25, 0.3) is 0 Å². The van der Waals surface area contributed by atoms with Gasteiger partial charge in [-0.15, -0.1) is 0 Å². The Hall–Kier alpha value is -1.64. The van der Waals surface area contributed by atoms with Crippen molar-refractivity contribution < 1.29 is 4.57 Å². The van der Waals surface area contributed by atoms with Crippen molar-refractivity contribution in [3.8, 4) is 11.3 Å². The number of hydrogen-bond donors (Lipinski definition) is 1. The molecule has 0 amide bonds. The van der Waals surface area contributed by atoms with Crippen LogP contribution in [0.25, 0.3) is 11.3 Å². The Morgan fingerprint density at radius 2 is 2.05 bits per heavy atom. The lowest BCUT2D eigenvalue weighted by atomic mass is 10.0. The first kappa shape index (κ1) is 15.4. The predicted molar refractivity (Wildman–Crippen MR) is 79.8 cm³/mol. The third kappa shape index (κ3) is 4.51. The molecule has 0 aromatic carbocycles. The van der Waals surface area contributed by atoms with Gasteiger partial charge in [0.2, 0.25) is 0 Å². The summed E-state index contributed by atoms with van der Waals surface area (Å²) < 4.78 is 2.06. The van der Waals surface area contributed by atoms with E-state index in [1.807, 2.05) is 33.3 Å². The van der Waals surface area contributed by atoms with Crippen LogP contribution in [0.1, 0.15) is 45.6 Å². The summed E-state index contributed by atoms with van der Waals surface area (Å²) in [5.74, 6) is 0. The smallest absolute Gasteiger partial charge is 0.177 e. The number of aromatic nitrogens is 3. The van der Waals surface area contributed by atoms with Crippen molar-refractivity contribution in [2.45, 2.75) is 46.5 Å². The molecule has 2 aromatic rings. The van der Waals surface area contributed by atoms with Gasteiger partial charge in [-0.25, -0.2) is 4.57 Å². The van der Waals surface area contributed by atoms with E-state index in [1.54, 1.807) is 0 Å². The van der Waals surface area contributed by atoms with E-state index in [-0.39, 0.29) is 0 Å². The van der Waals surface area contributed by atoms with Crippen LogP contribution in [0.4, 0.5) is 0 Å². The maximum Gasteiger partial charge on any atom is 0.177 e. The van der Waals surface area contributed by atoms with E-state index in [0.29, 0.717) is 0 Å². The van der Waals surface area contributed by atoms with Gasteiger partial charge in [-0.3, -0.25) is 5.10 Å². The van der Waals surface area contributed by atoms with Crippen molar-refractivity contribution >= 4 is 0 Å². The summed E-state index contributed by atoms with van der Waals surface area (Å²) >= 11 is 0. The highest BCUT2D eigenvalue weighted by Gasteiger charge is 2.09. The summed E-state index contributed by atoms with van der Waals surface area (Å²) in [5.41, 5.74) is 3.70. The lowest BCUT2D eigenvalue weighted by Crippen LogP contribution is -2.26. The number of hydrogen-bond acceptors (Lipinski definition) is 1. The zero-order valence-electron chi connectivity index (χ0n) is 12.6. The first-order valence-corrected chi connectivity index (χ1v) is 7.29. The number of nitrogens with zero attached hydrogens (tertiary/aromatic N) is 2. The van der Waals surface area contributed by atoms with Crippen molar-refractivity contribution in [2.75, 3.05) is 0 Å². The molecule has 0 saturated carbocycles. The zero-order valence-corrected chi connectivity index (χ0v) is 12.6. The van der Waals surface area contributed by atoms with E-state index in [9.17, 15) is 0 Å². The number of pyridine rings is 1. The van der Waals surface area contributed by atoms with Gasteiger partial charge in [-0.05, 0) is 24.5 Å². The van der Waals surface area contributed by atoms with Crippen molar-refractivity contribution in [3.05, 3.63) is 36.3 Å². The van der Waals surface area contributed by atoms with Crippen LogP contribution in [0.15, 0.2) is 30.7 Å². The Bertz CT molecular complexity index is 474. The minimum absolute atomic E-state index is 1.11. The molecule has 2 rings (SSSR count). The molecule has 0 aliphatic rings. The second-order valence-electron chi connectivity index (χ2n) is 4.49. The van der Waals surface area contributed by atoms with Gasteiger partial charge in [-0.1, -0.05) is 33.6 Å². The quantitative estimate of drug-likeness (QED) is 0.646. The molecule has 3 heteroatoms. The van der Waals surface area contributed by atoms with Crippen molar-refractivity contribution in [2.24, 2.45) is 7.05 Å². The van der Waals surface area contributed by atoms with E-state index in [0.717, 1.165) is 12.1 Å². The summed E-state index contributed by atoms with van der Waals surface area (Å²) in [4.78, 5) is 0. The van der Waals surface area contributed by atoms with Gasteiger partial charge in [0.05, 0.1) is 17.5 Å². The third-order valence-electron chi connectivity index (χ3n) is 3.00. The Balaban J connectivity index is 0.000000861. The summed E-state index contributed by atoms with van der Waals surface area (Å²) in [6.07, 6.45) is 11.0. The monoisotopic (exact) mass is 260 g/mol. The molecule has 0 bridgehead atoms. The normalized spacial score (nSPS) is 9.89. The SMILES string of the molecule is CC.CCCCCc1cn[nH]c1-c1ccc[n+](C)c1. The van der Waals surface area contributed by atoms with Crippen molar-refractivity contribution in [3.63, 3.8) is 0 Å². The van der Waals surface area contributed by atoms with Gasteiger partial charge in [0, 0.05) is 6.07 Å². The number of H-pyrrole nitrogens is 1. The van der Waals surface area contributed by atoms with Gasteiger partial charge < -0.3 is 0 Å². The molecule has 0 saturated heterocycles. The van der Waals surface area contributed by atoms with Crippen LogP contribution in [-0.2, 0) is 13.5 Å². The first-order chi connectivity index (χ1) is 9.31. The molecule has 0 fully saturated rings. The molecule has 104 valence electrons. The average molecular weight is 260 g/mol. The number of aromatic amines is 1. The molecule has 0 atom stereocenters. The van der Waals surface area contributed by atoms with E-state index >= 15 is 0 Å². The number of aryl methyl sites for hydroxylation is 2. The van der Waals surface area contributed by atoms with Crippen LogP contribution < -0.4 is 4.57 Å². The Kier molecular flexibility index (Phi) is 6.86. The Labute approximate surface area is 116 Å². The predicted octanol–water partition coefficient (Wildman–Crippen LogP) is 3.66. The van der Waals surface area contributed by atoms with Crippen LogP contribution in [0.5, 0.6) is 0 Å². The largest absolute Gasteiger partial charge is 0.277 e. The second-order valence-corrected chi connectivity index (χ2v) is 4.49. The summed E-state index contributed by atoms with van der Waals surface area (Å²) in [7, 11) is 2.04. The van der Waals surface area contributed by atoms with Crippen LogP contribution in [0, 0.1) is 0 Å². The van der Waals surface area contributed by atoms with Crippen molar-refractivity contribution in [1.82, 2.24) is 10.2 Å². The van der Waals surface area contributed by atoms with Gasteiger partial charge in [-0.2, -0.15) is 5.10 Å². The van der Waals surface area contributed by atoms with Gasteiger partial charge >= 0.3 is 0 Å². The molecule has 19 heavy (non-hydrogen) atoms. The molecule has 2 aromatic heterocycles. The highest BCUT2D eigenvalue weighted by Crippen LogP contribution is 2.21. The highest BCUT2D eigenvalue weighted by atomic mass is 15.1. The molecule has 0 aliphatic heterocycles. The topological polar surface area (TPSA) is 32.6 Å². The number of nitrogens with one attached hydrogen (secondary N) is 1. The second kappa shape index (κ2) is 8.46. The molecule has 0 spiro atoms. The van der Waals surface area contributed by atoms with Crippen LogP contribution >= 0.6 is 0 Å². The van der Waals surface area contributed by atoms with Crippen LogP contribution in [0.3, 0.4) is 0 Å². The van der Waals surface area contributed by atoms with E-state index in [1.165, 1.54) is 30.4 Å². The minimum Gasteiger partial charge on any atom is -0.277 e. The van der Waals surface area contributed by atoms with Gasteiger partial charge in [0.15, 0.2) is 12.4 Å². The molecular formula is C16H26N3+. The molecule has 1 N–H and O–H groups in total. The maximum absolute atomic E-state index is 4.17. The van der Waals surface area contributed by atoms with E-state index in [2.05, 4.69) is 40.0 Å². The highest BCUT2D eigenvalue weighted by molar-refractivity contribution is 5.60. The minimum atomic E-state index is 1.11. The van der Waals surface area contributed by atoms with E-state index in [4.69, 9.17) is 0 Å². The molecule has 0 radical (unpaired) electrons. The van der Waals surface area contributed by atoms with Crippen molar-refractivity contribution in [1.29, 1.82) is 0 Å². The standard InChI is InChI=1S/C14H20N3.C2H6/c1-3-4-5-7-12-10-15-16-14(12)13-8-6-9-17(2)11-13;1-2/h6,8-11H,3-5,7H2,1-2H3,(H,15,16);1-2H3/q+1;.